The van der Waals surface area contributed by atoms with Crippen molar-refractivity contribution in [3.05, 3.63) is 0 Å². The zero-order valence-electron chi connectivity index (χ0n) is 8.73. The van der Waals surface area contributed by atoms with Gasteiger partial charge in [0.25, 0.3) is 0 Å². The summed E-state index contributed by atoms with van der Waals surface area (Å²) in [5.74, 6) is -3.05. The molecule has 0 bridgehead atoms. The monoisotopic (exact) mass is 219 g/mol. The molecule has 0 aromatic heterocycles. The second kappa shape index (κ2) is 8.19. The van der Waals surface area contributed by atoms with Crippen molar-refractivity contribution in [2.24, 2.45) is 5.92 Å². The molecule has 0 heterocycles. The summed E-state index contributed by atoms with van der Waals surface area (Å²) in [5.41, 5.74) is 0. The van der Waals surface area contributed by atoms with E-state index in [2.05, 4.69) is 5.32 Å². The molecule has 0 aliphatic rings. The normalized spacial score (nSPS) is 12.3. The maximum atomic E-state index is 10.6. The molecular weight excluding hydrogens is 202 g/mol. The van der Waals surface area contributed by atoms with Gasteiger partial charge in [-0.1, -0.05) is 0 Å². The highest BCUT2D eigenvalue weighted by Crippen LogP contribution is 2.01. The Kier molecular flexibility index (Phi) is 7.57. The van der Waals surface area contributed by atoms with Crippen LogP contribution in [0.1, 0.15) is 12.8 Å². The largest absolute Gasteiger partial charge is 0.481 e. The summed E-state index contributed by atoms with van der Waals surface area (Å²) < 4.78 is 4.81. The lowest BCUT2D eigenvalue weighted by Crippen LogP contribution is -2.31. The van der Waals surface area contributed by atoms with Gasteiger partial charge in [0.2, 0.25) is 0 Å². The minimum atomic E-state index is -1.10. The van der Waals surface area contributed by atoms with Gasteiger partial charge in [-0.05, 0) is 13.0 Å². The number of hydrogen-bond donors (Lipinski definition) is 3. The van der Waals surface area contributed by atoms with Crippen molar-refractivity contribution in [3.63, 3.8) is 0 Å². The van der Waals surface area contributed by atoms with Crippen molar-refractivity contribution in [2.45, 2.75) is 12.8 Å². The van der Waals surface area contributed by atoms with Gasteiger partial charge in [0, 0.05) is 20.3 Å². The van der Waals surface area contributed by atoms with Gasteiger partial charge in [0.1, 0.15) is 0 Å². The van der Waals surface area contributed by atoms with Crippen LogP contribution in [0.5, 0.6) is 0 Å². The van der Waals surface area contributed by atoms with E-state index in [1.54, 1.807) is 7.11 Å². The number of rotatable bonds is 9. The molecule has 15 heavy (non-hydrogen) atoms. The zero-order valence-corrected chi connectivity index (χ0v) is 8.73. The van der Waals surface area contributed by atoms with Crippen molar-refractivity contribution in [3.8, 4) is 0 Å². The van der Waals surface area contributed by atoms with Crippen molar-refractivity contribution in [2.75, 3.05) is 26.8 Å². The van der Waals surface area contributed by atoms with Crippen LogP contribution in [0.25, 0.3) is 0 Å². The van der Waals surface area contributed by atoms with Crippen molar-refractivity contribution >= 4 is 11.9 Å². The second-order valence-electron chi connectivity index (χ2n) is 3.18. The molecule has 6 heteroatoms. The quantitative estimate of drug-likeness (QED) is 0.464. The number of hydrogen-bond acceptors (Lipinski definition) is 4. The molecule has 0 amide bonds. The lowest BCUT2D eigenvalue weighted by Gasteiger charge is -2.10. The molecular formula is C9H17NO5. The Morgan fingerprint density at radius 2 is 2.07 bits per heavy atom. The van der Waals surface area contributed by atoms with Crippen LogP contribution in [0.3, 0.4) is 0 Å². The van der Waals surface area contributed by atoms with E-state index in [1.807, 2.05) is 0 Å². The van der Waals surface area contributed by atoms with E-state index in [4.69, 9.17) is 14.9 Å². The van der Waals surface area contributed by atoms with E-state index in [9.17, 15) is 9.59 Å². The molecule has 0 aliphatic carbocycles. The second-order valence-corrected chi connectivity index (χ2v) is 3.18. The fraction of sp³-hybridized carbons (Fsp3) is 0.778. The smallest absolute Gasteiger partial charge is 0.308 e. The molecule has 3 N–H and O–H groups in total. The molecule has 1 atom stereocenters. The molecule has 88 valence electrons. The Balaban J connectivity index is 3.67. The number of nitrogens with one attached hydrogen (secondary N) is 1. The number of carboxylic acids is 2. The molecule has 6 nitrogen and oxygen atoms in total. The van der Waals surface area contributed by atoms with E-state index < -0.39 is 17.9 Å². The van der Waals surface area contributed by atoms with Crippen LogP contribution in [-0.4, -0.2) is 49.0 Å². The first kappa shape index (κ1) is 13.9. The summed E-state index contributed by atoms with van der Waals surface area (Å²) in [6.07, 6.45) is 0.419. The molecule has 0 rings (SSSR count). The van der Waals surface area contributed by atoms with Crippen molar-refractivity contribution in [1.82, 2.24) is 5.32 Å². The molecule has 0 aromatic carbocycles. The third kappa shape index (κ3) is 7.90. The molecule has 1 unspecified atom stereocenters. The number of aliphatic carboxylic acids is 2. The van der Waals surface area contributed by atoms with Gasteiger partial charge in [0.05, 0.1) is 12.3 Å². The first-order valence-corrected chi connectivity index (χ1v) is 4.72. The van der Waals surface area contributed by atoms with Crippen LogP contribution < -0.4 is 5.32 Å². The Bertz CT molecular complexity index is 207. The number of carbonyl (C=O) groups is 2. The summed E-state index contributed by atoms with van der Waals surface area (Å²) in [5, 5.41) is 20.0. The molecule has 0 saturated heterocycles. The van der Waals surface area contributed by atoms with E-state index in [0.29, 0.717) is 13.2 Å². The molecule has 0 fully saturated rings. The summed E-state index contributed by atoms with van der Waals surface area (Å²) in [6.45, 7) is 1.40. The first-order valence-electron chi connectivity index (χ1n) is 4.72. The fourth-order valence-corrected chi connectivity index (χ4v) is 1.08. The van der Waals surface area contributed by atoms with Gasteiger partial charge in [-0.15, -0.1) is 0 Å². The minimum absolute atomic E-state index is 0.172. The molecule has 0 aromatic rings. The number of carboxylic acid groups (broad SMARTS) is 2. The van der Waals surface area contributed by atoms with E-state index in [0.717, 1.165) is 6.42 Å². The average Bonchev–Trinajstić information content (AvgIpc) is 2.15. The minimum Gasteiger partial charge on any atom is -0.481 e. The van der Waals surface area contributed by atoms with Gasteiger partial charge < -0.3 is 20.3 Å². The van der Waals surface area contributed by atoms with Crippen LogP contribution in [0, 0.1) is 5.92 Å². The maximum Gasteiger partial charge on any atom is 0.308 e. The Labute approximate surface area is 88.2 Å². The third-order valence-electron chi connectivity index (χ3n) is 1.86. The van der Waals surface area contributed by atoms with Gasteiger partial charge in [0.15, 0.2) is 0 Å². The SMILES string of the molecule is COCCCNCC(CC(=O)O)C(=O)O. The van der Waals surface area contributed by atoms with Gasteiger partial charge in [-0.3, -0.25) is 9.59 Å². The average molecular weight is 219 g/mol. The summed E-state index contributed by atoms with van der Waals surface area (Å²) in [7, 11) is 1.59. The van der Waals surface area contributed by atoms with E-state index >= 15 is 0 Å². The predicted molar refractivity (Wildman–Crippen MR) is 52.7 cm³/mol. The first-order chi connectivity index (χ1) is 7.07. The van der Waals surface area contributed by atoms with Crippen LogP contribution in [0.4, 0.5) is 0 Å². The standard InChI is InChI=1S/C9H17NO5/c1-15-4-2-3-10-6-7(9(13)14)5-8(11)12/h7,10H,2-6H2,1H3,(H,11,12)(H,13,14). The topological polar surface area (TPSA) is 95.9 Å². The molecule has 0 aliphatic heterocycles. The van der Waals surface area contributed by atoms with Crippen molar-refractivity contribution < 1.29 is 24.5 Å². The maximum absolute atomic E-state index is 10.6. The van der Waals surface area contributed by atoms with Crippen LogP contribution >= 0.6 is 0 Å². The molecule has 0 saturated carbocycles. The summed E-state index contributed by atoms with van der Waals surface area (Å²) >= 11 is 0. The Hall–Kier alpha value is -1.14. The summed E-state index contributed by atoms with van der Waals surface area (Å²) in [4.78, 5) is 21.0. The Morgan fingerprint density at radius 1 is 1.40 bits per heavy atom. The fourth-order valence-electron chi connectivity index (χ4n) is 1.08. The van der Waals surface area contributed by atoms with Crippen LogP contribution in [-0.2, 0) is 14.3 Å². The molecule has 0 spiro atoms. The predicted octanol–water partition coefficient (Wildman–Crippen LogP) is -0.212. The highest BCUT2D eigenvalue weighted by atomic mass is 16.5. The zero-order chi connectivity index (χ0) is 11.7. The highest BCUT2D eigenvalue weighted by Gasteiger charge is 2.19. The van der Waals surface area contributed by atoms with Gasteiger partial charge in [-0.2, -0.15) is 0 Å². The number of ether oxygens (including phenoxy) is 1. The third-order valence-corrected chi connectivity index (χ3v) is 1.86. The van der Waals surface area contributed by atoms with Crippen molar-refractivity contribution in [1.29, 1.82) is 0 Å². The number of methoxy groups -OCH3 is 1. The molecule has 0 radical (unpaired) electrons. The lowest BCUT2D eigenvalue weighted by atomic mass is 10.1. The van der Waals surface area contributed by atoms with Crippen LogP contribution in [0.15, 0.2) is 0 Å². The lowest BCUT2D eigenvalue weighted by molar-refractivity contribution is -0.148. The van der Waals surface area contributed by atoms with E-state index in [1.165, 1.54) is 0 Å². The summed E-state index contributed by atoms with van der Waals surface area (Å²) in [6, 6.07) is 0. The highest BCUT2D eigenvalue weighted by molar-refractivity contribution is 5.77. The Morgan fingerprint density at radius 3 is 2.53 bits per heavy atom. The van der Waals surface area contributed by atoms with E-state index in [-0.39, 0.29) is 13.0 Å². The van der Waals surface area contributed by atoms with Gasteiger partial charge >= 0.3 is 11.9 Å². The van der Waals surface area contributed by atoms with Crippen LogP contribution in [0.2, 0.25) is 0 Å². The van der Waals surface area contributed by atoms with Gasteiger partial charge in [-0.25, -0.2) is 0 Å².